The molecule has 1 fully saturated rings. The molecular formula is C16H24N2S2. The predicted molar refractivity (Wildman–Crippen MR) is 93.8 cm³/mol. The molecular weight excluding hydrogens is 284 g/mol. The summed E-state index contributed by atoms with van der Waals surface area (Å²) in [5, 5.41) is 3.54. The molecule has 0 saturated heterocycles. The second kappa shape index (κ2) is 7.89. The molecule has 110 valence electrons. The third kappa shape index (κ3) is 4.13. The standard InChI is InChI=1S/C16H24N2S2/c1-2-20-14-9-5-8-13(15(14)16(17)19)18-11-10-12-6-3-4-7-12/h5,8-9,12,18H,2-4,6-7,10-11H2,1H3,(H2,17,19). The van der Waals surface area contributed by atoms with Gasteiger partial charge in [-0.15, -0.1) is 11.8 Å². The van der Waals surface area contributed by atoms with E-state index in [1.165, 1.54) is 37.0 Å². The summed E-state index contributed by atoms with van der Waals surface area (Å²) < 4.78 is 0. The fourth-order valence-corrected chi connectivity index (χ4v) is 4.05. The molecule has 4 heteroatoms. The molecule has 0 heterocycles. The first-order valence-electron chi connectivity index (χ1n) is 7.52. The Balaban J connectivity index is 2.01. The maximum atomic E-state index is 5.92. The molecule has 0 spiro atoms. The monoisotopic (exact) mass is 308 g/mol. The van der Waals surface area contributed by atoms with Gasteiger partial charge < -0.3 is 11.1 Å². The molecule has 1 aromatic carbocycles. The van der Waals surface area contributed by atoms with Crippen LogP contribution in [0, 0.1) is 5.92 Å². The minimum Gasteiger partial charge on any atom is -0.389 e. The van der Waals surface area contributed by atoms with Crippen LogP contribution >= 0.6 is 24.0 Å². The zero-order chi connectivity index (χ0) is 14.4. The summed E-state index contributed by atoms with van der Waals surface area (Å²) in [4.78, 5) is 1.68. The molecule has 0 bridgehead atoms. The van der Waals surface area contributed by atoms with Crippen LogP contribution in [0.4, 0.5) is 5.69 Å². The van der Waals surface area contributed by atoms with E-state index in [1.54, 1.807) is 11.8 Å². The van der Waals surface area contributed by atoms with Crippen molar-refractivity contribution in [1.82, 2.24) is 0 Å². The molecule has 1 saturated carbocycles. The number of hydrogen-bond donors (Lipinski definition) is 2. The Morgan fingerprint density at radius 2 is 2.15 bits per heavy atom. The van der Waals surface area contributed by atoms with E-state index >= 15 is 0 Å². The van der Waals surface area contributed by atoms with Gasteiger partial charge in [-0.25, -0.2) is 0 Å². The SMILES string of the molecule is CCSc1cccc(NCCC2CCCC2)c1C(N)=S. The van der Waals surface area contributed by atoms with Crippen molar-refractivity contribution < 1.29 is 0 Å². The van der Waals surface area contributed by atoms with Crippen LogP contribution in [0.5, 0.6) is 0 Å². The first kappa shape index (κ1) is 15.6. The molecule has 0 radical (unpaired) electrons. The third-order valence-corrected chi connectivity index (χ3v) is 5.06. The average molecular weight is 309 g/mol. The van der Waals surface area contributed by atoms with E-state index in [2.05, 4.69) is 30.4 Å². The Kier molecular flexibility index (Phi) is 6.17. The molecule has 0 unspecified atom stereocenters. The molecule has 2 nitrogen and oxygen atoms in total. The summed E-state index contributed by atoms with van der Waals surface area (Å²) in [6, 6.07) is 6.27. The van der Waals surface area contributed by atoms with Crippen molar-refractivity contribution in [3.8, 4) is 0 Å². The largest absolute Gasteiger partial charge is 0.389 e. The van der Waals surface area contributed by atoms with Gasteiger partial charge in [0.2, 0.25) is 0 Å². The van der Waals surface area contributed by atoms with Crippen molar-refractivity contribution in [3.05, 3.63) is 23.8 Å². The Bertz CT molecular complexity index is 454. The van der Waals surface area contributed by atoms with Gasteiger partial charge in [0.25, 0.3) is 0 Å². The van der Waals surface area contributed by atoms with E-state index in [-0.39, 0.29) is 0 Å². The van der Waals surface area contributed by atoms with Gasteiger partial charge in [-0.2, -0.15) is 0 Å². The summed E-state index contributed by atoms with van der Waals surface area (Å²) in [6.45, 7) is 3.16. The molecule has 1 aliphatic carbocycles. The maximum absolute atomic E-state index is 5.92. The van der Waals surface area contributed by atoms with Crippen molar-refractivity contribution >= 4 is 34.7 Å². The summed E-state index contributed by atoms with van der Waals surface area (Å²) >= 11 is 7.03. The number of rotatable bonds is 7. The first-order valence-corrected chi connectivity index (χ1v) is 8.91. The fraction of sp³-hybridized carbons (Fsp3) is 0.562. The minimum absolute atomic E-state index is 0.491. The first-order chi connectivity index (χ1) is 9.72. The normalized spacial score (nSPS) is 15.4. The zero-order valence-electron chi connectivity index (χ0n) is 12.2. The Morgan fingerprint density at radius 1 is 1.40 bits per heavy atom. The molecule has 1 aromatic rings. The second-order valence-electron chi connectivity index (χ2n) is 5.34. The van der Waals surface area contributed by atoms with E-state index in [4.69, 9.17) is 18.0 Å². The maximum Gasteiger partial charge on any atom is 0.107 e. The highest BCUT2D eigenvalue weighted by atomic mass is 32.2. The van der Waals surface area contributed by atoms with E-state index in [9.17, 15) is 0 Å². The summed E-state index contributed by atoms with van der Waals surface area (Å²) in [5.41, 5.74) is 8.02. The molecule has 2 rings (SSSR count). The van der Waals surface area contributed by atoms with E-state index in [1.807, 2.05) is 0 Å². The van der Waals surface area contributed by atoms with Gasteiger partial charge in [0.15, 0.2) is 0 Å². The van der Waals surface area contributed by atoms with Crippen LogP contribution in [0.25, 0.3) is 0 Å². The van der Waals surface area contributed by atoms with Gasteiger partial charge >= 0.3 is 0 Å². The van der Waals surface area contributed by atoms with Crippen molar-refractivity contribution in [3.63, 3.8) is 0 Å². The van der Waals surface area contributed by atoms with Crippen molar-refractivity contribution in [2.24, 2.45) is 11.7 Å². The number of hydrogen-bond acceptors (Lipinski definition) is 3. The Morgan fingerprint density at radius 3 is 2.80 bits per heavy atom. The molecule has 0 amide bonds. The lowest BCUT2D eigenvalue weighted by molar-refractivity contribution is 0.518. The smallest absolute Gasteiger partial charge is 0.107 e. The van der Waals surface area contributed by atoms with Crippen LogP contribution in [0.1, 0.15) is 44.6 Å². The van der Waals surface area contributed by atoms with Crippen LogP contribution in [0.2, 0.25) is 0 Å². The van der Waals surface area contributed by atoms with Crippen LogP contribution in [0.15, 0.2) is 23.1 Å². The van der Waals surface area contributed by atoms with Crippen LogP contribution in [0.3, 0.4) is 0 Å². The highest BCUT2D eigenvalue weighted by Gasteiger charge is 2.15. The third-order valence-electron chi connectivity index (χ3n) is 3.92. The summed E-state index contributed by atoms with van der Waals surface area (Å²) in [5.74, 6) is 1.94. The topological polar surface area (TPSA) is 38.0 Å². The average Bonchev–Trinajstić information content (AvgIpc) is 2.92. The summed E-state index contributed by atoms with van der Waals surface area (Å²) in [6.07, 6.45) is 6.86. The van der Waals surface area contributed by atoms with Gasteiger partial charge in [0.05, 0.1) is 0 Å². The van der Waals surface area contributed by atoms with E-state index in [0.29, 0.717) is 4.99 Å². The van der Waals surface area contributed by atoms with Gasteiger partial charge in [-0.1, -0.05) is 50.9 Å². The van der Waals surface area contributed by atoms with Crippen molar-refractivity contribution in [2.45, 2.75) is 43.9 Å². The second-order valence-corrected chi connectivity index (χ2v) is 7.09. The van der Waals surface area contributed by atoms with E-state index in [0.717, 1.165) is 29.5 Å². The van der Waals surface area contributed by atoms with Crippen molar-refractivity contribution in [1.29, 1.82) is 0 Å². The number of thiocarbonyl (C=S) groups is 1. The van der Waals surface area contributed by atoms with Crippen LogP contribution in [-0.2, 0) is 0 Å². The highest BCUT2D eigenvalue weighted by molar-refractivity contribution is 7.99. The molecule has 3 N–H and O–H groups in total. The molecule has 0 aliphatic heterocycles. The lowest BCUT2D eigenvalue weighted by atomic mass is 10.0. The molecule has 1 aliphatic rings. The van der Waals surface area contributed by atoms with Crippen LogP contribution in [-0.4, -0.2) is 17.3 Å². The number of nitrogens with one attached hydrogen (secondary N) is 1. The van der Waals surface area contributed by atoms with Gasteiger partial charge in [0.1, 0.15) is 4.99 Å². The predicted octanol–water partition coefficient (Wildman–Crippen LogP) is 4.43. The lowest BCUT2D eigenvalue weighted by Gasteiger charge is -2.16. The number of thioether (sulfide) groups is 1. The lowest BCUT2D eigenvalue weighted by Crippen LogP contribution is -2.16. The molecule has 0 aromatic heterocycles. The van der Waals surface area contributed by atoms with Gasteiger partial charge in [-0.3, -0.25) is 0 Å². The quantitative estimate of drug-likeness (QED) is 0.577. The highest BCUT2D eigenvalue weighted by Crippen LogP contribution is 2.30. The number of benzene rings is 1. The molecule has 20 heavy (non-hydrogen) atoms. The van der Waals surface area contributed by atoms with Crippen LogP contribution < -0.4 is 11.1 Å². The fourth-order valence-electron chi connectivity index (χ4n) is 2.92. The number of anilines is 1. The Hall–Kier alpha value is -0.740. The summed E-state index contributed by atoms with van der Waals surface area (Å²) in [7, 11) is 0. The zero-order valence-corrected chi connectivity index (χ0v) is 13.8. The van der Waals surface area contributed by atoms with E-state index < -0.39 is 0 Å². The molecule has 0 atom stereocenters. The van der Waals surface area contributed by atoms with Gasteiger partial charge in [-0.05, 0) is 30.2 Å². The number of nitrogens with two attached hydrogens (primary N) is 1. The minimum atomic E-state index is 0.491. The van der Waals surface area contributed by atoms with Crippen molar-refractivity contribution in [2.75, 3.05) is 17.6 Å². The Labute approximate surface area is 131 Å². The van der Waals surface area contributed by atoms with Gasteiger partial charge in [0, 0.05) is 22.7 Å².